The lowest BCUT2D eigenvalue weighted by molar-refractivity contribution is -0.364. The summed E-state index contributed by atoms with van der Waals surface area (Å²) >= 11 is 0. The zero-order valence-corrected chi connectivity index (χ0v) is 24.1. The van der Waals surface area contributed by atoms with Crippen LogP contribution in [0.25, 0.3) is 0 Å². The molecule has 13 heteroatoms. The van der Waals surface area contributed by atoms with Crippen LogP contribution in [0.1, 0.15) is 35.6 Å². The van der Waals surface area contributed by atoms with E-state index in [4.69, 9.17) is 47.4 Å². The number of fused-ring (bicyclic) bond motifs is 4. The van der Waals surface area contributed by atoms with E-state index in [0.29, 0.717) is 34.3 Å². The van der Waals surface area contributed by atoms with Gasteiger partial charge >= 0.3 is 5.97 Å². The highest BCUT2D eigenvalue weighted by Crippen LogP contribution is 2.57. The van der Waals surface area contributed by atoms with Crippen LogP contribution in [0.15, 0.2) is 24.3 Å². The van der Waals surface area contributed by atoms with Gasteiger partial charge in [-0.15, -0.1) is 0 Å². The average Bonchev–Trinajstić information content (AvgIpc) is 3.64. The van der Waals surface area contributed by atoms with Crippen molar-refractivity contribution in [3.8, 4) is 28.7 Å². The Morgan fingerprint density at radius 3 is 2.21 bits per heavy atom. The Morgan fingerprint density at radius 1 is 0.837 bits per heavy atom. The number of esters is 1. The van der Waals surface area contributed by atoms with Crippen LogP contribution in [0.5, 0.6) is 28.7 Å². The summed E-state index contributed by atoms with van der Waals surface area (Å²) in [6.07, 6.45) is -6.70. The number of hydrogen-bond acceptors (Lipinski definition) is 13. The number of cyclic esters (lactones) is 1. The Labute approximate surface area is 247 Å². The zero-order valence-electron chi connectivity index (χ0n) is 24.1. The van der Waals surface area contributed by atoms with Crippen molar-refractivity contribution in [3.05, 3.63) is 41.0 Å². The lowest BCUT2D eigenvalue weighted by Gasteiger charge is -2.47. The molecule has 232 valence electrons. The first kappa shape index (κ1) is 28.4. The van der Waals surface area contributed by atoms with Crippen molar-refractivity contribution < 1.29 is 62.4 Å². The highest BCUT2D eigenvalue weighted by atomic mass is 16.8. The third-order valence-electron chi connectivity index (χ3n) is 8.93. The van der Waals surface area contributed by atoms with Crippen molar-refractivity contribution in [3.63, 3.8) is 0 Å². The molecule has 3 fully saturated rings. The highest BCUT2D eigenvalue weighted by Gasteiger charge is 2.56. The second-order valence-corrected chi connectivity index (χ2v) is 11.2. The van der Waals surface area contributed by atoms with Gasteiger partial charge in [0.2, 0.25) is 12.5 Å². The van der Waals surface area contributed by atoms with E-state index < -0.39 is 66.8 Å². The van der Waals surface area contributed by atoms with Crippen LogP contribution in [0, 0.1) is 11.8 Å². The fourth-order valence-corrected chi connectivity index (χ4v) is 6.92. The van der Waals surface area contributed by atoms with E-state index in [1.165, 1.54) is 21.3 Å². The van der Waals surface area contributed by atoms with Crippen molar-refractivity contribution in [1.29, 1.82) is 0 Å². The van der Waals surface area contributed by atoms with Gasteiger partial charge in [0, 0.05) is 11.8 Å². The predicted octanol–water partition coefficient (Wildman–Crippen LogP) is 1.64. The molecule has 2 aromatic rings. The predicted molar refractivity (Wildman–Crippen MR) is 143 cm³/mol. The minimum Gasteiger partial charge on any atom is -0.493 e. The molecule has 0 amide bonds. The van der Waals surface area contributed by atoms with Gasteiger partial charge in [-0.2, -0.15) is 0 Å². The SMILES string of the molecule is COc1cc([C@@H]2c3cc4c(cc3[C@H](O[C@@H]3O[C@@H]5CO[C@H](C)O[C@H]5[C@H](O)[C@H]3O)[C@H]3COC(=O)[C@@H]23)OCO4)cc(OC)c1OC. The van der Waals surface area contributed by atoms with Crippen molar-refractivity contribution in [2.45, 2.75) is 55.9 Å². The van der Waals surface area contributed by atoms with Gasteiger partial charge in [-0.25, -0.2) is 0 Å². The van der Waals surface area contributed by atoms with Gasteiger partial charge < -0.3 is 57.6 Å². The molecule has 0 radical (unpaired) electrons. The van der Waals surface area contributed by atoms with Gasteiger partial charge in [0.25, 0.3) is 0 Å². The molecule has 10 atom stereocenters. The van der Waals surface area contributed by atoms with E-state index in [0.717, 1.165) is 11.1 Å². The van der Waals surface area contributed by atoms with Crippen LogP contribution >= 0.6 is 0 Å². The van der Waals surface area contributed by atoms with Crippen LogP contribution < -0.4 is 23.7 Å². The smallest absolute Gasteiger partial charge is 0.310 e. The summed E-state index contributed by atoms with van der Waals surface area (Å²) in [7, 11) is 4.58. The molecule has 3 saturated heterocycles. The van der Waals surface area contributed by atoms with E-state index in [2.05, 4.69) is 0 Å². The fraction of sp³-hybridized carbons (Fsp3) is 0.567. The van der Waals surface area contributed by atoms with E-state index in [1.54, 1.807) is 6.92 Å². The number of rotatable bonds is 6. The number of aliphatic hydroxyl groups is 2. The largest absolute Gasteiger partial charge is 0.493 e. The summed E-state index contributed by atoms with van der Waals surface area (Å²) in [6.45, 7) is 1.99. The number of carbonyl (C=O) groups is 1. The van der Waals surface area contributed by atoms with Crippen LogP contribution in [-0.2, 0) is 28.5 Å². The second kappa shape index (κ2) is 11.0. The standard InChI is InChI=1S/C30H34O13/c1-12-37-10-21-28(41-12)24(31)25(32)30(42-21)43-26-15-8-18-17(39-11-40-18)7-14(15)22(23-16(26)9-38-29(23)33)13-5-19(34-2)27(36-4)20(6-13)35-3/h5-8,12,16,21-26,28,30-32H,9-11H2,1-4H3/t12-,16-,21+,22+,23+,24+,25+,26-,28+,30-/m0/s1. The molecular formula is C30H34O13. The van der Waals surface area contributed by atoms with Crippen LogP contribution in [0.3, 0.4) is 0 Å². The van der Waals surface area contributed by atoms with Gasteiger partial charge in [-0.1, -0.05) is 0 Å². The molecule has 43 heavy (non-hydrogen) atoms. The number of carbonyl (C=O) groups excluding carboxylic acids is 1. The summed E-state index contributed by atoms with van der Waals surface area (Å²) in [4.78, 5) is 13.5. The zero-order chi connectivity index (χ0) is 30.0. The van der Waals surface area contributed by atoms with Crippen LogP contribution in [0.2, 0.25) is 0 Å². The van der Waals surface area contributed by atoms with Gasteiger partial charge in [-0.05, 0) is 47.9 Å². The Bertz CT molecular complexity index is 1370. The molecule has 4 heterocycles. The summed E-state index contributed by atoms with van der Waals surface area (Å²) in [6, 6.07) is 7.31. The van der Waals surface area contributed by atoms with Crippen LogP contribution in [0.4, 0.5) is 0 Å². The Morgan fingerprint density at radius 2 is 1.53 bits per heavy atom. The molecule has 13 nitrogen and oxygen atoms in total. The Hall–Kier alpha value is -3.33. The van der Waals surface area contributed by atoms with E-state index in [9.17, 15) is 15.0 Å². The third-order valence-corrected chi connectivity index (χ3v) is 8.93. The van der Waals surface area contributed by atoms with Crippen molar-refractivity contribution in [1.82, 2.24) is 0 Å². The molecule has 2 aromatic carbocycles. The maximum absolute atomic E-state index is 13.5. The summed E-state index contributed by atoms with van der Waals surface area (Å²) in [5.41, 5.74) is 2.19. The van der Waals surface area contributed by atoms with Crippen molar-refractivity contribution in [2.75, 3.05) is 41.3 Å². The Kier molecular flexibility index (Phi) is 7.27. The fourth-order valence-electron chi connectivity index (χ4n) is 6.92. The molecule has 0 aromatic heterocycles. The normalized spacial score (nSPS) is 35.8. The number of benzene rings is 2. The molecular weight excluding hydrogens is 568 g/mol. The lowest BCUT2D eigenvalue weighted by atomic mass is 9.66. The Balaban J connectivity index is 1.32. The maximum Gasteiger partial charge on any atom is 0.310 e. The van der Waals surface area contributed by atoms with Crippen LogP contribution in [-0.4, -0.2) is 94.5 Å². The first-order valence-corrected chi connectivity index (χ1v) is 14.2. The van der Waals surface area contributed by atoms with E-state index >= 15 is 0 Å². The molecule has 0 saturated carbocycles. The monoisotopic (exact) mass is 602 g/mol. The van der Waals surface area contributed by atoms with Crippen molar-refractivity contribution in [2.24, 2.45) is 11.8 Å². The molecule has 1 aliphatic carbocycles. The first-order valence-electron chi connectivity index (χ1n) is 14.2. The number of hydrogen-bond donors (Lipinski definition) is 2. The molecule has 0 unspecified atom stereocenters. The average molecular weight is 603 g/mol. The molecule has 5 aliphatic rings. The number of ether oxygens (including phenoxy) is 10. The topological polar surface area (TPSA) is 150 Å². The molecule has 0 spiro atoms. The third kappa shape index (κ3) is 4.57. The van der Waals surface area contributed by atoms with E-state index in [1.807, 2.05) is 24.3 Å². The number of aliphatic hydroxyl groups excluding tert-OH is 2. The van der Waals surface area contributed by atoms with Gasteiger partial charge in [0.05, 0.1) is 46.6 Å². The molecule has 0 bridgehead atoms. The number of methoxy groups -OCH3 is 3. The van der Waals surface area contributed by atoms with Gasteiger partial charge in [0.1, 0.15) is 24.4 Å². The van der Waals surface area contributed by atoms with Gasteiger partial charge in [0.15, 0.2) is 35.6 Å². The minimum atomic E-state index is -1.42. The summed E-state index contributed by atoms with van der Waals surface area (Å²) in [5, 5.41) is 22.0. The minimum absolute atomic E-state index is 0.0473. The van der Waals surface area contributed by atoms with Crippen molar-refractivity contribution >= 4 is 5.97 Å². The molecule has 7 rings (SSSR count). The highest BCUT2D eigenvalue weighted by molar-refractivity contribution is 5.79. The molecule has 4 aliphatic heterocycles. The first-order chi connectivity index (χ1) is 20.8. The molecule has 2 N–H and O–H groups in total. The van der Waals surface area contributed by atoms with E-state index in [-0.39, 0.29) is 20.0 Å². The quantitative estimate of drug-likeness (QED) is 0.462. The summed E-state index contributed by atoms with van der Waals surface area (Å²) in [5.74, 6) is 0.289. The van der Waals surface area contributed by atoms with Gasteiger partial charge in [-0.3, -0.25) is 4.79 Å². The summed E-state index contributed by atoms with van der Waals surface area (Å²) < 4.78 is 57.7. The second-order valence-electron chi connectivity index (χ2n) is 11.2. The lowest BCUT2D eigenvalue weighted by Crippen LogP contribution is -2.63. The maximum atomic E-state index is 13.5.